The molecule has 0 aliphatic carbocycles. The third-order valence-electron chi connectivity index (χ3n) is 3.07. The van der Waals surface area contributed by atoms with Crippen molar-refractivity contribution in [2.24, 2.45) is 0 Å². The molecule has 0 atom stereocenters. The van der Waals surface area contributed by atoms with Crippen molar-refractivity contribution < 1.29 is 5.21 Å². The number of hydrogen-bond donors (Lipinski definition) is 1. The maximum absolute atomic E-state index is 11.1. The largest absolute Gasteiger partial charge is 0.211 e. The van der Waals surface area contributed by atoms with E-state index in [-0.39, 0.29) is 15.7 Å². The van der Waals surface area contributed by atoms with Crippen LogP contribution in [0.4, 0.5) is 5.69 Å². The molecule has 0 amide bonds. The van der Waals surface area contributed by atoms with Crippen molar-refractivity contribution in [1.29, 1.82) is 0 Å². The zero-order chi connectivity index (χ0) is 12.6. The summed E-state index contributed by atoms with van der Waals surface area (Å²) in [6, 6.07) is 9.87. The van der Waals surface area contributed by atoms with Crippen LogP contribution >= 0.6 is 0 Å². The minimum absolute atomic E-state index is 0.0686. The second-order valence-corrected chi connectivity index (χ2v) is 6.31. The predicted molar refractivity (Wildman–Crippen MR) is 69.5 cm³/mol. The van der Waals surface area contributed by atoms with Gasteiger partial charge in [-0.3, -0.25) is 0 Å². The molecule has 1 aromatic rings. The van der Waals surface area contributed by atoms with Gasteiger partial charge in [0, 0.05) is 12.1 Å². The first-order valence-corrected chi connectivity index (χ1v) is 5.78. The molecule has 1 N–H and O–H groups in total. The van der Waals surface area contributed by atoms with Gasteiger partial charge in [0.1, 0.15) is 11.1 Å². The predicted octanol–water partition coefficient (Wildman–Crippen LogP) is 3.98. The molecule has 2 heteroatoms. The maximum Gasteiger partial charge on any atom is 0.166 e. The number of hydroxylamine groups is 2. The molecule has 1 rings (SSSR count). The number of benzene rings is 1. The minimum Gasteiger partial charge on any atom is -0.211 e. The van der Waals surface area contributed by atoms with E-state index in [9.17, 15) is 5.21 Å². The molecule has 16 heavy (non-hydrogen) atoms. The Morgan fingerprint density at radius 1 is 0.812 bits per heavy atom. The van der Waals surface area contributed by atoms with Crippen LogP contribution in [0.15, 0.2) is 30.3 Å². The van der Waals surface area contributed by atoms with E-state index in [0.717, 1.165) is 5.69 Å². The number of hydrogen-bond acceptors (Lipinski definition) is 1. The smallest absolute Gasteiger partial charge is 0.166 e. The molecule has 0 unspecified atom stereocenters. The summed E-state index contributed by atoms with van der Waals surface area (Å²) in [7, 11) is 0. The van der Waals surface area contributed by atoms with Crippen LogP contribution in [0, 0.1) is 0 Å². The lowest BCUT2D eigenvalue weighted by molar-refractivity contribution is -0.199. The number of rotatable bonds is 1. The van der Waals surface area contributed by atoms with E-state index in [1.165, 1.54) is 0 Å². The fourth-order valence-corrected chi connectivity index (χ4v) is 2.42. The van der Waals surface area contributed by atoms with Crippen LogP contribution in [-0.2, 0) is 0 Å². The van der Waals surface area contributed by atoms with Crippen LogP contribution in [0.2, 0.25) is 0 Å². The van der Waals surface area contributed by atoms with Gasteiger partial charge in [0.05, 0.1) is 0 Å². The van der Waals surface area contributed by atoms with Gasteiger partial charge in [-0.25, -0.2) is 5.21 Å². The first-order valence-electron chi connectivity index (χ1n) is 5.78. The quantitative estimate of drug-likeness (QED) is 0.563. The summed E-state index contributed by atoms with van der Waals surface area (Å²) >= 11 is 0. The van der Waals surface area contributed by atoms with Crippen molar-refractivity contribution >= 4 is 5.69 Å². The van der Waals surface area contributed by atoms with Gasteiger partial charge in [-0.1, -0.05) is 18.2 Å². The SMILES string of the molecule is CC(C)(C)[N+](O)(c1ccccc1)C(C)(C)C. The first-order chi connectivity index (χ1) is 7.11. The monoisotopic (exact) mass is 222 g/mol. The van der Waals surface area contributed by atoms with E-state index in [2.05, 4.69) is 41.5 Å². The fourth-order valence-electron chi connectivity index (χ4n) is 2.42. The summed E-state index contributed by atoms with van der Waals surface area (Å²) in [6.07, 6.45) is 0. The highest BCUT2D eigenvalue weighted by atomic mass is 16.6. The van der Waals surface area contributed by atoms with Gasteiger partial charge in [-0.05, 0) is 41.5 Å². The molecule has 0 radical (unpaired) electrons. The molecule has 0 heterocycles. The van der Waals surface area contributed by atoms with Crippen LogP contribution in [0.3, 0.4) is 0 Å². The highest BCUT2D eigenvalue weighted by molar-refractivity contribution is 5.43. The van der Waals surface area contributed by atoms with Gasteiger partial charge in [0.2, 0.25) is 0 Å². The van der Waals surface area contributed by atoms with Gasteiger partial charge in [-0.15, -0.1) is 4.65 Å². The van der Waals surface area contributed by atoms with E-state index >= 15 is 0 Å². The molecule has 0 saturated carbocycles. The molecule has 90 valence electrons. The Morgan fingerprint density at radius 2 is 1.19 bits per heavy atom. The van der Waals surface area contributed by atoms with Gasteiger partial charge in [-0.2, -0.15) is 0 Å². The lowest BCUT2D eigenvalue weighted by Crippen LogP contribution is -2.68. The third-order valence-corrected chi connectivity index (χ3v) is 3.07. The van der Waals surface area contributed by atoms with Crippen molar-refractivity contribution in [2.75, 3.05) is 0 Å². The highest BCUT2D eigenvalue weighted by Crippen LogP contribution is 2.38. The van der Waals surface area contributed by atoms with Crippen molar-refractivity contribution in [3.63, 3.8) is 0 Å². The highest BCUT2D eigenvalue weighted by Gasteiger charge is 2.51. The fraction of sp³-hybridized carbons (Fsp3) is 0.571. The molecule has 0 fully saturated rings. The average Bonchev–Trinajstić information content (AvgIpc) is 2.14. The Bertz CT molecular complexity index is 329. The van der Waals surface area contributed by atoms with Crippen LogP contribution < -0.4 is 4.65 Å². The summed E-state index contributed by atoms with van der Waals surface area (Å²) in [5.74, 6) is 0. The van der Waals surface area contributed by atoms with Crippen molar-refractivity contribution in [3.05, 3.63) is 30.3 Å². The summed E-state index contributed by atoms with van der Waals surface area (Å²) in [5, 5.41) is 11.1. The van der Waals surface area contributed by atoms with E-state index in [1.807, 2.05) is 30.3 Å². The Hall–Kier alpha value is -0.860. The Kier molecular flexibility index (Phi) is 3.19. The molecule has 1 aromatic carbocycles. The second kappa shape index (κ2) is 3.86. The van der Waals surface area contributed by atoms with Gasteiger partial charge in [0.25, 0.3) is 0 Å². The molecule has 0 bridgehead atoms. The molecule has 0 saturated heterocycles. The Balaban J connectivity index is 3.39. The summed E-state index contributed by atoms with van der Waals surface area (Å²) in [5.41, 5.74) is 0.404. The summed E-state index contributed by atoms with van der Waals surface area (Å²) in [4.78, 5) is 0. The Morgan fingerprint density at radius 3 is 1.50 bits per heavy atom. The molecule has 0 aliphatic rings. The zero-order valence-electron chi connectivity index (χ0n) is 11.3. The standard InChI is InChI=1S/C14H24NO/c1-13(2,3)15(16,14(4,5)6)12-10-8-7-9-11-12/h7-11,16H,1-6H3/q+1. The van der Waals surface area contributed by atoms with Crippen molar-refractivity contribution in [1.82, 2.24) is 4.65 Å². The van der Waals surface area contributed by atoms with Gasteiger partial charge >= 0.3 is 0 Å². The number of para-hydroxylation sites is 1. The lowest BCUT2D eigenvalue weighted by atomic mass is 9.93. The topological polar surface area (TPSA) is 20.2 Å². The zero-order valence-corrected chi connectivity index (χ0v) is 11.3. The molecule has 0 aliphatic heterocycles. The molecule has 0 spiro atoms. The Labute approximate surface area is 99.1 Å². The van der Waals surface area contributed by atoms with Crippen molar-refractivity contribution in [3.8, 4) is 0 Å². The third kappa shape index (κ3) is 2.00. The molecular weight excluding hydrogens is 198 g/mol. The molecule has 0 aromatic heterocycles. The van der Waals surface area contributed by atoms with Crippen LogP contribution in [0.5, 0.6) is 0 Å². The van der Waals surface area contributed by atoms with Crippen LogP contribution in [-0.4, -0.2) is 16.3 Å². The average molecular weight is 222 g/mol. The van der Waals surface area contributed by atoms with E-state index in [0.29, 0.717) is 0 Å². The van der Waals surface area contributed by atoms with Gasteiger partial charge in [0.15, 0.2) is 5.69 Å². The van der Waals surface area contributed by atoms with Crippen LogP contribution in [0.25, 0.3) is 0 Å². The molecular formula is C14H24NO+. The second-order valence-electron chi connectivity index (χ2n) is 6.31. The van der Waals surface area contributed by atoms with Gasteiger partial charge < -0.3 is 0 Å². The number of nitrogens with zero attached hydrogens (tertiary/aromatic N) is 1. The normalized spacial score (nSPS) is 13.9. The van der Waals surface area contributed by atoms with E-state index in [1.54, 1.807) is 0 Å². The molecule has 2 nitrogen and oxygen atoms in total. The van der Waals surface area contributed by atoms with Crippen molar-refractivity contribution in [2.45, 2.75) is 52.6 Å². The lowest BCUT2D eigenvalue weighted by Gasteiger charge is -2.49. The summed E-state index contributed by atoms with van der Waals surface area (Å²) < 4.78 is -0.0686. The first kappa shape index (κ1) is 13.2. The van der Waals surface area contributed by atoms with Crippen LogP contribution in [0.1, 0.15) is 41.5 Å². The van der Waals surface area contributed by atoms with E-state index in [4.69, 9.17) is 0 Å². The maximum atomic E-state index is 11.1. The van der Waals surface area contributed by atoms with E-state index < -0.39 is 0 Å². The minimum atomic E-state index is -0.264. The summed E-state index contributed by atoms with van der Waals surface area (Å²) in [6.45, 7) is 12.4. The number of quaternary nitrogens is 1.